The van der Waals surface area contributed by atoms with Gasteiger partial charge in [-0.1, -0.05) is 55.5 Å². The summed E-state index contributed by atoms with van der Waals surface area (Å²) in [7, 11) is 1.64. The molecule has 0 bridgehead atoms. The number of aromatic nitrogens is 2. The van der Waals surface area contributed by atoms with E-state index in [0.29, 0.717) is 48.5 Å². The number of para-hydroxylation sites is 1. The first-order valence-electron chi connectivity index (χ1n) is 15.1. The van der Waals surface area contributed by atoms with Crippen molar-refractivity contribution in [3.8, 4) is 28.7 Å². The maximum Gasteiger partial charge on any atom is 0.347 e. The van der Waals surface area contributed by atoms with Crippen LogP contribution in [-0.4, -0.2) is 35.3 Å². The number of carbonyl (C=O) groups is 1. The number of methoxy groups -OCH3 is 1. The third-order valence-electron chi connectivity index (χ3n) is 7.80. The van der Waals surface area contributed by atoms with Crippen LogP contribution in [-0.2, 0) is 22.7 Å². The van der Waals surface area contributed by atoms with Gasteiger partial charge in [0, 0.05) is 28.4 Å². The lowest BCUT2D eigenvalue weighted by Gasteiger charge is -2.17. The number of rotatable bonds is 12. The van der Waals surface area contributed by atoms with Crippen LogP contribution in [0.15, 0.2) is 95.4 Å². The lowest BCUT2D eigenvalue weighted by atomic mass is 10.1. The lowest BCUT2D eigenvalue weighted by Crippen LogP contribution is -2.28. The normalized spacial score (nSPS) is 11.9. The highest BCUT2D eigenvalue weighted by atomic mass is 16.6. The van der Waals surface area contributed by atoms with Gasteiger partial charge in [-0.05, 0) is 68.3 Å². The third kappa shape index (κ3) is 6.09. The van der Waals surface area contributed by atoms with Gasteiger partial charge < -0.3 is 27.9 Å². The molecule has 0 aliphatic heterocycles. The predicted molar refractivity (Wildman–Crippen MR) is 174 cm³/mol. The van der Waals surface area contributed by atoms with E-state index in [0.717, 1.165) is 38.6 Å². The van der Waals surface area contributed by atoms with E-state index in [1.165, 1.54) is 0 Å². The fourth-order valence-electron chi connectivity index (χ4n) is 5.54. The molecule has 2 aromatic heterocycles. The second kappa shape index (κ2) is 13.2. The van der Waals surface area contributed by atoms with Crippen LogP contribution in [0, 0.1) is 6.92 Å². The highest BCUT2D eigenvalue weighted by Gasteiger charge is 2.23. The van der Waals surface area contributed by atoms with Gasteiger partial charge in [0.15, 0.2) is 17.6 Å². The summed E-state index contributed by atoms with van der Waals surface area (Å²) >= 11 is 0. The largest absolute Gasteiger partial charge is 0.493 e. The molecule has 0 N–H and O–H groups in total. The average molecular weight is 605 g/mol. The van der Waals surface area contributed by atoms with E-state index >= 15 is 0 Å². The Bertz CT molecular complexity index is 1940. The number of hydrogen-bond acceptors (Lipinski definition) is 7. The van der Waals surface area contributed by atoms with Crippen molar-refractivity contribution in [2.24, 2.45) is 0 Å². The molecule has 0 saturated carbocycles. The Morgan fingerprint density at radius 1 is 0.889 bits per heavy atom. The van der Waals surface area contributed by atoms with Crippen LogP contribution >= 0.6 is 0 Å². The smallest absolute Gasteiger partial charge is 0.347 e. The van der Waals surface area contributed by atoms with Crippen molar-refractivity contribution in [3.63, 3.8) is 0 Å². The number of oxazole rings is 1. The highest BCUT2D eigenvalue weighted by Crippen LogP contribution is 2.38. The van der Waals surface area contributed by atoms with Crippen molar-refractivity contribution in [2.45, 2.75) is 46.4 Å². The molecule has 45 heavy (non-hydrogen) atoms. The molecule has 6 aromatic rings. The quantitative estimate of drug-likeness (QED) is 0.130. The second-order valence-electron chi connectivity index (χ2n) is 10.7. The zero-order chi connectivity index (χ0) is 31.3. The summed E-state index contributed by atoms with van der Waals surface area (Å²) in [6.07, 6.45) is -0.174. The Hall–Kier alpha value is -5.24. The third-order valence-corrected chi connectivity index (χ3v) is 7.80. The average Bonchev–Trinajstić information content (AvgIpc) is 3.61. The van der Waals surface area contributed by atoms with Gasteiger partial charge in [-0.3, -0.25) is 0 Å². The topological polar surface area (TPSA) is 85.0 Å². The zero-order valence-corrected chi connectivity index (χ0v) is 25.9. The van der Waals surface area contributed by atoms with Gasteiger partial charge in [0.1, 0.15) is 23.8 Å². The molecule has 0 aliphatic carbocycles. The molecule has 230 valence electrons. The number of carbonyl (C=O) groups excluding carboxylic acids is 1. The van der Waals surface area contributed by atoms with Crippen molar-refractivity contribution >= 4 is 27.8 Å². The second-order valence-corrected chi connectivity index (χ2v) is 10.7. The standard InChI is InChI=1S/C37H36N2O6/c1-5-31(37(40)42-6-2)45-33-18-12-17-30-35(33)27-15-10-11-16-29(27)39(30)22-25-19-20-32(34(21-25)41-4)43-23-28-24(3)44-36(38-28)26-13-8-7-9-14-26/h7-21,31H,5-6,22-23H2,1-4H3/t31-/m1/s1. The van der Waals surface area contributed by atoms with Gasteiger partial charge >= 0.3 is 5.97 Å². The molecule has 6 rings (SSSR count). The number of fused-ring (bicyclic) bond motifs is 3. The summed E-state index contributed by atoms with van der Waals surface area (Å²) in [5, 5.41) is 2.01. The van der Waals surface area contributed by atoms with Crippen LogP contribution in [0.2, 0.25) is 0 Å². The van der Waals surface area contributed by atoms with Crippen LogP contribution in [0.3, 0.4) is 0 Å². The molecular formula is C37H36N2O6. The van der Waals surface area contributed by atoms with Gasteiger partial charge in [0.2, 0.25) is 5.89 Å². The molecule has 0 fully saturated rings. The predicted octanol–water partition coefficient (Wildman–Crippen LogP) is 8.11. The minimum atomic E-state index is -0.680. The molecule has 0 saturated heterocycles. The molecule has 8 heteroatoms. The van der Waals surface area contributed by atoms with Gasteiger partial charge in [-0.2, -0.15) is 0 Å². The minimum absolute atomic E-state index is 0.248. The SMILES string of the molecule is CCOC(=O)[C@@H](CC)Oc1cccc2c1c1ccccc1n2Cc1ccc(OCc2nc(-c3ccccc3)oc2C)c(OC)c1. The van der Waals surface area contributed by atoms with E-state index in [9.17, 15) is 4.79 Å². The van der Waals surface area contributed by atoms with Crippen LogP contribution in [0.25, 0.3) is 33.3 Å². The molecule has 0 unspecified atom stereocenters. The van der Waals surface area contributed by atoms with Crippen molar-refractivity contribution in [3.05, 3.63) is 108 Å². The van der Waals surface area contributed by atoms with Gasteiger partial charge in [-0.15, -0.1) is 0 Å². The van der Waals surface area contributed by atoms with Gasteiger partial charge in [0.25, 0.3) is 0 Å². The van der Waals surface area contributed by atoms with Gasteiger partial charge in [-0.25, -0.2) is 9.78 Å². The lowest BCUT2D eigenvalue weighted by molar-refractivity contribution is -0.151. The van der Waals surface area contributed by atoms with Crippen LogP contribution < -0.4 is 14.2 Å². The Labute approximate surface area is 262 Å². The Balaban J connectivity index is 1.27. The highest BCUT2D eigenvalue weighted by molar-refractivity contribution is 6.11. The molecule has 0 spiro atoms. The summed E-state index contributed by atoms with van der Waals surface area (Å²) in [5.41, 5.74) is 4.75. The molecule has 8 nitrogen and oxygen atoms in total. The monoisotopic (exact) mass is 604 g/mol. The summed E-state index contributed by atoms with van der Waals surface area (Å²) in [5.74, 6) is 2.83. The fraction of sp³-hybridized carbons (Fsp3) is 0.243. The Morgan fingerprint density at radius 3 is 2.44 bits per heavy atom. The van der Waals surface area contributed by atoms with Crippen LogP contribution in [0.1, 0.15) is 37.3 Å². The zero-order valence-electron chi connectivity index (χ0n) is 25.9. The van der Waals surface area contributed by atoms with Crippen molar-refractivity contribution in [1.29, 1.82) is 0 Å². The number of hydrogen-bond donors (Lipinski definition) is 0. The van der Waals surface area contributed by atoms with Crippen molar-refractivity contribution in [2.75, 3.05) is 13.7 Å². The molecule has 0 amide bonds. The van der Waals surface area contributed by atoms with Crippen molar-refractivity contribution < 1.29 is 28.2 Å². The Kier molecular flexibility index (Phi) is 8.73. The van der Waals surface area contributed by atoms with E-state index in [-0.39, 0.29) is 12.6 Å². The van der Waals surface area contributed by atoms with E-state index < -0.39 is 6.10 Å². The molecule has 0 radical (unpaired) electrons. The van der Waals surface area contributed by atoms with Gasteiger partial charge in [0.05, 0.1) is 19.2 Å². The summed E-state index contributed by atoms with van der Waals surface area (Å²) in [6, 6.07) is 29.9. The van der Waals surface area contributed by atoms with Crippen LogP contribution in [0.4, 0.5) is 0 Å². The maximum absolute atomic E-state index is 12.5. The summed E-state index contributed by atoms with van der Waals surface area (Å²) in [4.78, 5) is 17.2. The summed E-state index contributed by atoms with van der Waals surface area (Å²) in [6.45, 7) is 6.75. The first-order valence-corrected chi connectivity index (χ1v) is 15.1. The number of esters is 1. The molecule has 2 heterocycles. The molecule has 4 aromatic carbocycles. The maximum atomic E-state index is 12.5. The fourth-order valence-corrected chi connectivity index (χ4v) is 5.54. The van der Waals surface area contributed by atoms with E-state index in [1.807, 2.05) is 86.6 Å². The number of benzene rings is 4. The molecule has 0 aliphatic rings. The van der Waals surface area contributed by atoms with E-state index in [2.05, 4.69) is 27.8 Å². The molecule has 1 atom stereocenters. The summed E-state index contributed by atoms with van der Waals surface area (Å²) < 4.78 is 31.6. The van der Waals surface area contributed by atoms with Crippen LogP contribution in [0.5, 0.6) is 17.2 Å². The first kappa shape index (κ1) is 29.8. The number of nitrogens with zero attached hydrogens (tertiary/aromatic N) is 2. The van der Waals surface area contributed by atoms with E-state index in [1.54, 1.807) is 14.0 Å². The Morgan fingerprint density at radius 2 is 1.67 bits per heavy atom. The van der Waals surface area contributed by atoms with Crippen molar-refractivity contribution in [1.82, 2.24) is 9.55 Å². The minimum Gasteiger partial charge on any atom is -0.493 e. The molecular weight excluding hydrogens is 568 g/mol. The van der Waals surface area contributed by atoms with E-state index in [4.69, 9.17) is 23.4 Å². The number of aryl methyl sites for hydroxylation is 1. The number of ether oxygens (including phenoxy) is 4. The first-order chi connectivity index (χ1) is 22.0.